The summed E-state index contributed by atoms with van der Waals surface area (Å²) in [5, 5.41) is 3.97. The molecule has 0 atom stereocenters. The highest BCUT2D eigenvalue weighted by Crippen LogP contribution is 2.33. The summed E-state index contributed by atoms with van der Waals surface area (Å²) in [7, 11) is -3.82. The first kappa shape index (κ1) is 20.7. The molecule has 2 aromatic heterocycles. The number of hydrogen-bond acceptors (Lipinski definition) is 6. The Balaban J connectivity index is 1.42. The molecule has 3 heterocycles. The first-order valence-corrected chi connectivity index (χ1v) is 11.6. The van der Waals surface area contributed by atoms with Crippen LogP contribution in [0.1, 0.15) is 0 Å². The number of benzene rings is 1. The maximum atomic E-state index is 13.0. The molecule has 1 fully saturated rings. The molecule has 1 aliphatic heterocycles. The summed E-state index contributed by atoms with van der Waals surface area (Å²) in [5.41, 5.74) is 0.529. The standard InChI is InChI=1S/C19H17ClN4O4S2/c20-14-4-3-13-8-19(29-16(13)9-14)30(27,28)24-7-6-23(18(26)12-24)11-17(25)22-15-2-1-5-21-10-15/h1-5,8-10H,6-7,11-12H2,(H,22,25). The van der Waals surface area contributed by atoms with Crippen LogP contribution in [0.4, 0.5) is 5.69 Å². The maximum absolute atomic E-state index is 13.0. The van der Waals surface area contributed by atoms with Gasteiger partial charge in [0.15, 0.2) is 0 Å². The van der Waals surface area contributed by atoms with E-state index in [0.717, 1.165) is 25.7 Å². The molecule has 4 rings (SSSR count). The predicted molar refractivity (Wildman–Crippen MR) is 115 cm³/mol. The molecule has 0 radical (unpaired) electrons. The lowest BCUT2D eigenvalue weighted by Gasteiger charge is -2.32. The Hall–Kier alpha value is -2.53. The molecule has 0 unspecified atom stereocenters. The number of carbonyl (C=O) groups is 2. The minimum atomic E-state index is -3.82. The molecule has 2 amide bonds. The van der Waals surface area contributed by atoms with Crippen LogP contribution in [0.25, 0.3) is 10.1 Å². The molecular formula is C19H17ClN4O4S2. The Morgan fingerprint density at radius 3 is 2.80 bits per heavy atom. The number of fused-ring (bicyclic) bond motifs is 1. The summed E-state index contributed by atoms with van der Waals surface area (Å²) < 4.78 is 28.1. The first-order chi connectivity index (χ1) is 14.3. The van der Waals surface area contributed by atoms with E-state index in [0.29, 0.717) is 10.7 Å². The Kier molecular flexibility index (Phi) is 5.74. The van der Waals surface area contributed by atoms with Crippen LogP contribution >= 0.6 is 22.9 Å². The molecule has 3 aromatic rings. The maximum Gasteiger partial charge on any atom is 0.253 e. The van der Waals surface area contributed by atoms with Gasteiger partial charge in [-0.1, -0.05) is 17.7 Å². The van der Waals surface area contributed by atoms with Gasteiger partial charge >= 0.3 is 0 Å². The summed E-state index contributed by atoms with van der Waals surface area (Å²) in [6, 6.07) is 10.1. The van der Waals surface area contributed by atoms with Crippen molar-refractivity contribution in [3.63, 3.8) is 0 Å². The van der Waals surface area contributed by atoms with Gasteiger partial charge in [0.05, 0.1) is 25.0 Å². The summed E-state index contributed by atoms with van der Waals surface area (Å²) >= 11 is 7.10. The molecule has 1 saturated heterocycles. The molecule has 0 aliphatic carbocycles. The van der Waals surface area contributed by atoms with Crippen molar-refractivity contribution in [2.45, 2.75) is 4.21 Å². The van der Waals surface area contributed by atoms with Gasteiger partial charge in [0, 0.05) is 29.0 Å². The summed E-state index contributed by atoms with van der Waals surface area (Å²) in [4.78, 5) is 29.9. The van der Waals surface area contributed by atoms with Gasteiger partial charge in [-0.3, -0.25) is 14.6 Å². The van der Waals surface area contributed by atoms with E-state index in [-0.39, 0.29) is 36.3 Å². The van der Waals surface area contributed by atoms with Crippen molar-refractivity contribution < 1.29 is 18.0 Å². The molecule has 1 aromatic carbocycles. The Morgan fingerprint density at radius 2 is 2.07 bits per heavy atom. The van der Waals surface area contributed by atoms with Gasteiger partial charge < -0.3 is 10.2 Å². The number of sulfonamides is 1. The van der Waals surface area contributed by atoms with Crippen LogP contribution < -0.4 is 5.32 Å². The molecule has 0 spiro atoms. The van der Waals surface area contributed by atoms with Crippen molar-refractivity contribution in [1.29, 1.82) is 0 Å². The van der Waals surface area contributed by atoms with Gasteiger partial charge in [-0.05, 0) is 35.7 Å². The van der Waals surface area contributed by atoms with E-state index in [4.69, 9.17) is 11.6 Å². The van der Waals surface area contributed by atoms with Crippen molar-refractivity contribution in [2.75, 3.05) is 31.5 Å². The molecule has 1 aliphatic rings. The van der Waals surface area contributed by atoms with Gasteiger partial charge in [0.2, 0.25) is 11.8 Å². The van der Waals surface area contributed by atoms with Gasteiger partial charge in [-0.25, -0.2) is 8.42 Å². The number of hydrogen-bond donors (Lipinski definition) is 1. The van der Waals surface area contributed by atoms with Crippen LogP contribution in [-0.2, 0) is 19.6 Å². The molecule has 156 valence electrons. The minimum Gasteiger partial charge on any atom is -0.331 e. The van der Waals surface area contributed by atoms with E-state index in [1.807, 2.05) is 0 Å². The molecule has 0 bridgehead atoms. The third-order valence-electron chi connectivity index (χ3n) is 4.62. The Bertz CT molecular complexity index is 1210. The smallest absolute Gasteiger partial charge is 0.253 e. The average molecular weight is 465 g/mol. The number of carbonyl (C=O) groups excluding carboxylic acids is 2. The number of piperazine rings is 1. The average Bonchev–Trinajstić information content (AvgIpc) is 3.14. The molecule has 11 heteroatoms. The van der Waals surface area contributed by atoms with Crippen LogP contribution in [-0.4, -0.2) is 60.6 Å². The Morgan fingerprint density at radius 1 is 1.23 bits per heavy atom. The third-order valence-corrected chi connectivity index (χ3v) is 8.24. The van der Waals surface area contributed by atoms with Crippen LogP contribution in [0, 0.1) is 0 Å². The highest BCUT2D eigenvalue weighted by atomic mass is 35.5. The van der Waals surface area contributed by atoms with Crippen LogP contribution in [0.15, 0.2) is 53.0 Å². The fourth-order valence-electron chi connectivity index (χ4n) is 3.10. The Labute approximate surface area is 182 Å². The van der Waals surface area contributed by atoms with Crippen molar-refractivity contribution in [3.8, 4) is 0 Å². The van der Waals surface area contributed by atoms with Crippen molar-refractivity contribution >= 4 is 60.5 Å². The van der Waals surface area contributed by atoms with Gasteiger partial charge in [-0.2, -0.15) is 4.31 Å². The number of pyridine rings is 1. The van der Waals surface area contributed by atoms with E-state index in [2.05, 4.69) is 10.3 Å². The van der Waals surface area contributed by atoms with Crippen molar-refractivity contribution in [2.24, 2.45) is 0 Å². The van der Waals surface area contributed by atoms with E-state index in [9.17, 15) is 18.0 Å². The number of anilines is 1. The van der Waals surface area contributed by atoms with Gasteiger partial charge in [0.1, 0.15) is 4.21 Å². The first-order valence-electron chi connectivity index (χ1n) is 9.00. The minimum absolute atomic E-state index is 0.114. The van der Waals surface area contributed by atoms with Crippen molar-refractivity contribution in [1.82, 2.24) is 14.2 Å². The topological polar surface area (TPSA) is 99.7 Å². The lowest BCUT2D eigenvalue weighted by molar-refractivity contribution is -0.137. The third kappa shape index (κ3) is 4.31. The number of amides is 2. The number of halogens is 1. The lowest BCUT2D eigenvalue weighted by atomic mass is 10.3. The second-order valence-electron chi connectivity index (χ2n) is 6.69. The SMILES string of the molecule is O=C(CN1CCN(S(=O)(=O)c2cc3ccc(Cl)cc3s2)CC1=O)Nc1cccnc1. The fraction of sp³-hybridized carbons (Fsp3) is 0.211. The number of rotatable bonds is 5. The van der Waals surface area contributed by atoms with E-state index in [1.54, 1.807) is 42.6 Å². The number of thiophene rings is 1. The van der Waals surface area contributed by atoms with E-state index < -0.39 is 15.9 Å². The highest BCUT2D eigenvalue weighted by Gasteiger charge is 2.34. The molecular weight excluding hydrogens is 448 g/mol. The zero-order valence-electron chi connectivity index (χ0n) is 15.6. The number of aromatic nitrogens is 1. The van der Waals surface area contributed by atoms with Crippen LogP contribution in [0.2, 0.25) is 5.02 Å². The molecule has 8 nitrogen and oxygen atoms in total. The predicted octanol–water partition coefficient (Wildman–Crippen LogP) is 2.42. The van der Waals surface area contributed by atoms with Crippen LogP contribution in [0.5, 0.6) is 0 Å². The zero-order valence-corrected chi connectivity index (χ0v) is 18.0. The second-order valence-corrected chi connectivity index (χ2v) is 10.4. The molecule has 1 N–H and O–H groups in total. The van der Waals surface area contributed by atoms with Crippen LogP contribution in [0.3, 0.4) is 0 Å². The summed E-state index contributed by atoms with van der Waals surface area (Å²) in [6.07, 6.45) is 3.09. The monoisotopic (exact) mass is 464 g/mol. The summed E-state index contributed by atoms with van der Waals surface area (Å²) in [5.74, 6) is -0.788. The van der Waals surface area contributed by atoms with Gasteiger partial charge in [0.25, 0.3) is 10.0 Å². The second kappa shape index (κ2) is 8.31. The zero-order chi connectivity index (χ0) is 21.3. The van der Waals surface area contributed by atoms with E-state index >= 15 is 0 Å². The number of nitrogens with one attached hydrogen (secondary N) is 1. The quantitative estimate of drug-likeness (QED) is 0.625. The number of nitrogens with zero attached hydrogens (tertiary/aromatic N) is 3. The fourth-order valence-corrected chi connectivity index (χ4v) is 6.31. The molecule has 30 heavy (non-hydrogen) atoms. The normalized spacial score (nSPS) is 15.5. The summed E-state index contributed by atoms with van der Waals surface area (Å²) in [6.45, 7) is -0.209. The highest BCUT2D eigenvalue weighted by molar-refractivity contribution is 7.91. The lowest BCUT2D eigenvalue weighted by Crippen LogP contribution is -2.53. The van der Waals surface area contributed by atoms with E-state index in [1.165, 1.54) is 11.1 Å². The molecule has 0 saturated carbocycles. The van der Waals surface area contributed by atoms with Crippen molar-refractivity contribution in [3.05, 3.63) is 53.8 Å². The van der Waals surface area contributed by atoms with Gasteiger partial charge in [-0.15, -0.1) is 11.3 Å². The largest absolute Gasteiger partial charge is 0.331 e.